The van der Waals surface area contributed by atoms with Crippen molar-refractivity contribution in [2.75, 3.05) is 37.7 Å². The number of sulfone groups is 1. The monoisotopic (exact) mass is 262 g/mol. The van der Waals surface area contributed by atoms with Crippen molar-refractivity contribution in [3.8, 4) is 0 Å². The largest absolute Gasteiger partial charge is 0.312 e. The summed E-state index contributed by atoms with van der Waals surface area (Å²) in [5.41, 5.74) is 0.152. The third-order valence-electron chi connectivity index (χ3n) is 2.99. The molecule has 0 radical (unpaired) electrons. The number of nitrogens with zero attached hydrogens (tertiary/aromatic N) is 1. The lowest BCUT2D eigenvalue weighted by Crippen LogP contribution is -2.45. The molecule has 1 fully saturated rings. The molecule has 0 aliphatic carbocycles. The Bertz CT molecular complexity index is 319. The smallest absolute Gasteiger partial charge is 0.152 e. The molecule has 1 saturated heterocycles. The first-order chi connectivity index (χ1) is 7.68. The van der Waals surface area contributed by atoms with Crippen LogP contribution in [0.1, 0.15) is 27.7 Å². The summed E-state index contributed by atoms with van der Waals surface area (Å²) in [6.07, 6.45) is 0. The van der Waals surface area contributed by atoms with Crippen LogP contribution in [0.4, 0.5) is 0 Å². The molecule has 1 aliphatic rings. The van der Waals surface area contributed by atoms with Gasteiger partial charge in [-0.05, 0) is 33.2 Å². The molecule has 0 aromatic carbocycles. The van der Waals surface area contributed by atoms with Gasteiger partial charge in [-0.25, -0.2) is 8.42 Å². The first-order valence-corrected chi connectivity index (χ1v) is 8.18. The van der Waals surface area contributed by atoms with Gasteiger partial charge in [-0.2, -0.15) is 0 Å². The summed E-state index contributed by atoms with van der Waals surface area (Å²) in [5, 5.41) is 3.48. The Hall–Kier alpha value is -0.130. The summed E-state index contributed by atoms with van der Waals surface area (Å²) in [5.74, 6) is 1.20. The summed E-state index contributed by atoms with van der Waals surface area (Å²) in [4.78, 5) is 2.26. The van der Waals surface area contributed by atoms with Crippen molar-refractivity contribution in [3.05, 3.63) is 0 Å². The van der Waals surface area contributed by atoms with Gasteiger partial charge in [-0.1, -0.05) is 6.92 Å². The Morgan fingerprint density at radius 3 is 2.24 bits per heavy atom. The highest BCUT2D eigenvalue weighted by Crippen LogP contribution is 2.08. The molecule has 102 valence electrons. The van der Waals surface area contributed by atoms with Crippen molar-refractivity contribution in [1.29, 1.82) is 0 Å². The van der Waals surface area contributed by atoms with E-state index in [0.717, 1.165) is 13.1 Å². The van der Waals surface area contributed by atoms with E-state index in [1.807, 2.05) is 0 Å². The van der Waals surface area contributed by atoms with Gasteiger partial charge in [0.05, 0.1) is 11.5 Å². The van der Waals surface area contributed by atoms with Gasteiger partial charge in [0, 0.05) is 25.2 Å². The number of nitrogens with one attached hydrogen (secondary N) is 1. The van der Waals surface area contributed by atoms with Crippen molar-refractivity contribution < 1.29 is 8.42 Å². The van der Waals surface area contributed by atoms with Crippen molar-refractivity contribution in [3.63, 3.8) is 0 Å². The Morgan fingerprint density at radius 2 is 1.76 bits per heavy atom. The van der Waals surface area contributed by atoms with Gasteiger partial charge in [0.15, 0.2) is 9.84 Å². The highest BCUT2D eigenvalue weighted by molar-refractivity contribution is 7.91. The number of hydrogen-bond donors (Lipinski definition) is 1. The highest BCUT2D eigenvalue weighted by atomic mass is 32.2. The normalized spacial score (nSPS) is 23.5. The third-order valence-corrected chi connectivity index (χ3v) is 4.60. The fraction of sp³-hybridized carbons (Fsp3) is 1.00. The lowest BCUT2D eigenvalue weighted by atomic mass is 10.1. The summed E-state index contributed by atoms with van der Waals surface area (Å²) in [6, 6.07) is 0. The van der Waals surface area contributed by atoms with Crippen LogP contribution in [0.3, 0.4) is 0 Å². The molecule has 0 aromatic rings. The van der Waals surface area contributed by atoms with Gasteiger partial charge in [-0.15, -0.1) is 0 Å². The summed E-state index contributed by atoms with van der Waals surface area (Å²) in [6.45, 7) is 12.0. The molecule has 1 rings (SSSR count). The molecule has 1 unspecified atom stereocenters. The van der Waals surface area contributed by atoms with Gasteiger partial charge in [0.1, 0.15) is 0 Å². The molecule has 1 N–H and O–H groups in total. The average molecular weight is 262 g/mol. The molecule has 0 spiro atoms. The second kappa shape index (κ2) is 5.67. The highest BCUT2D eigenvalue weighted by Gasteiger charge is 2.22. The van der Waals surface area contributed by atoms with Crippen molar-refractivity contribution >= 4 is 9.84 Å². The van der Waals surface area contributed by atoms with Gasteiger partial charge >= 0.3 is 0 Å². The summed E-state index contributed by atoms with van der Waals surface area (Å²) in [7, 11) is -2.74. The van der Waals surface area contributed by atoms with E-state index in [2.05, 4.69) is 37.9 Å². The third kappa shape index (κ3) is 6.38. The van der Waals surface area contributed by atoms with Crippen LogP contribution in [-0.2, 0) is 9.84 Å². The lowest BCUT2D eigenvalue weighted by Gasteiger charge is -2.30. The fourth-order valence-electron chi connectivity index (χ4n) is 1.92. The van der Waals surface area contributed by atoms with Crippen LogP contribution in [0.25, 0.3) is 0 Å². The van der Waals surface area contributed by atoms with Gasteiger partial charge in [-0.3, -0.25) is 0 Å². The zero-order valence-corrected chi connectivity index (χ0v) is 12.3. The Balaban J connectivity index is 2.26. The molecule has 1 aliphatic heterocycles. The second-order valence-corrected chi connectivity index (χ2v) is 8.49. The summed E-state index contributed by atoms with van der Waals surface area (Å²) >= 11 is 0. The lowest BCUT2D eigenvalue weighted by molar-refractivity contribution is 0.242. The van der Waals surface area contributed by atoms with E-state index in [-0.39, 0.29) is 5.54 Å². The van der Waals surface area contributed by atoms with E-state index in [9.17, 15) is 8.42 Å². The molecule has 0 amide bonds. The predicted octanol–water partition coefficient (Wildman–Crippen LogP) is 0.741. The van der Waals surface area contributed by atoms with Crippen molar-refractivity contribution in [1.82, 2.24) is 10.2 Å². The van der Waals surface area contributed by atoms with E-state index in [1.165, 1.54) is 0 Å². The Labute approximate surface area is 106 Å². The first-order valence-electron chi connectivity index (χ1n) is 6.36. The quantitative estimate of drug-likeness (QED) is 0.812. The first kappa shape index (κ1) is 14.9. The van der Waals surface area contributed by atoms with Crippen LogP contribution >= 0.6 is 0 Å². The number of rotatable bonds is 4. The predicted molar refractivity (Wildman–Crippen MR) is 72.0 cm³/mol. The van der Waals surface area contributed by atoms with E-state index in [1.54, 1.807) is 0 Å². The van der Waals surface area contributed by atoms with Gasteiger partial charge in [0.2, 0.25) is 0 Å². The maximum absolute atomic E-state index is 11.3. The molecular formula is C12H26N2O2S. The van der Waals surface area contributed by atoms with Gasteiger partial charge < -0.3 is 10.2 Å². The standard InChI is InChI=1S/C12H26N2O2S/c1-11(9-13-12(2,3)4)10-14-5-7-17(15,16)8-6-14/h11,13H,5-10H2,1-4H3. The zero-order chi connectivity index (χ0) is 13.1. The fourth-order valence-corrected chi connectivity index (χ4v) is 3.20. The van der Waals surface area contributed by atoms with Crippen LogP contribution < -0.4 is 5.32 Å². The molecule has 5 heteroatoms. The van der Waals surface area contributed by atoms with Crippen LogP contribution in [-0.4, -0.2) is 56.5 Å². The average Bonchev–Trinajstić information content (AvgIpc) is 2.17. The maximum atomic E-state index is 11.3. The summed E-state index contributed by atoms with van der Waals surface area (Å²) < 4.78 is 22.6. The number of hydrogen-bond acceptors (Lipinski definition) is 4. The van der Waals surface area contributed by atoms with Crippen molar-refractivity contribution in [2.45, 2.75) is 33.2 Å². The van der Waals surface area contributed by atoms with Gasteiger partial charge in [0.25, 0.3) is 0 Å². The van der Waals surface area contributed by atoms with Crippen LogP contribution in [0.2, 0.25) is 0 Å². The SMILES string of the molecule is CC(CNC(C)(C)C)CN1CCS(=O)(=O)CC1. The van der Waals surface area contributed by atoms with E-state index >= 15 is 0 Å². The topological polar surface area (TPSA) is 49.4 Å². The Morgan fingerprint density at radius 1 is 1.24 bits per heavy atom. The molecule has 0 bridgehead atoms. The van der Waals surface area contributed by atoms with Crippen LogP contribution in [0.15, 0.2) is 0 Å². The van der Waals surface area contributed by atoms with Crippen LogP contribution in [0.5, 0.6) is 0 Å². The second-order valence-electron chi connectivity index (χ2n) is 6.19. The van der Waals surface area contributed by atoms with E-state index in [4.69, 9.17) is 0 Å². The molecule has 1 atom stereocenters. The van der Waals surface area contributed by atoms with E-state index < -0.39 is 9.84 Å². The minimum Gasteiger partial charge on any atom is -0.312 e. The molecular weight excluding hydrogens is 236 g/mol. The molecule has 1 heterocycles. The Kier molecular flexibility index (Phi) is 4.98. The minimum atomic E-state index is -2.74. The van der Waals surface area contributed by atoms with E-state index in [0.29, 0.717) is 30.5 Å². The molecule has 0 aromatic heterocycles. The molecule has 0 saturated carbocycles. The van der Waals surface area contributed by atoms with Crippen LogP contribution in [0, 0.1) is 5.92 Å². The molecule has 17 heavy (non-hydrogen) atoms. The zero-order valence-electron chi connectivity index (χ0n) is 11.5. The maximum Gasteiger partial charge on any atom is 0.152 e. The van der Waals surface area contributed by atoms with Crippen molar-refractivity contribution in [2.24, 2.45) is 5.92 Å². The minimum absolute atomic E-state index is 0.152. The molecule has 4 nitrogen and oxygen atoms in total.